The first-order chi connectivity index (χ1) is 14.5. The lowest BCUT2D eigenvalue weighted by Gasteiger charge is -2.49. The smallest absolute Gasteiger partial charge is 0.291 e. The molecule has 2 aromatic heterocycles. The third-order valence-electron chi connectivity index (χ3n) is 5.80. The molecule has 0 spiro atoms. The number of aliphatic hydroxyl groups is 1. The van der Waals surface area contributed by atoms with Crippen LogP contribution in [0, 0.1) is 13.8 Å². The maximum absolute atomic E-state index is 13.0. The van der Waals surface area contributed by atoms with Gasteiger partial charge in [0.15, 0.2) is 0 Å². The molecule has 3 heterocycles. The molecule has 4 rings (SSSR count). The first kappa shape index (κ1) is 20.0. The van der Waals surface area contributed by atoms with E-state index in [-0.39, 0.29) is 18.3 Å². The van der Waals surface area contributed by atoms with Gasteiger partial charge in [0.05, 0.1) is 18.2 Å². The van der Waals surface area contributed by atoms with Gasteiger partial charge in [-0.15, -0.1) is 0 Å². The number of H-pyrrole nitrogens is 1. The minimum Gasteiger partial charge on any atom is -0.395 e. The number of hydrogen-bond acceptors (Lipinski definition) is 6. The van der Waals surface area contributed by atoms with E-state index in [9.17, 15) is 9.90 Å². The highest BCUT2D eigenvalue weighted by Gasteiger charge is 2.46. The van der Waals surface area contributed by atoms with Gasteiger partial charge in [0, 0.05) is 37.1 Å². The van der Waals surface area contributed by atoms with Crippen molar-refractivity contribution >= 4 is 11.7 Å². The van der Waals surface area contributed by atoms with Crippen LogP contribution in [0.15, 0.2) is 42.7 Å². The molecular weight excluding hydrogens is 380 g/mol. The number of likely N-dealkylation sites (tertiary alicyclic amines) is 1. The minimum atomic E-state index is -0.414. The van der Waals surface area contributed by atoms with Crippen molar-refractivity contribution in [3.63, 3.8) is 0 Å². The van der Waals surface area contributed by atoms with Gasteiger partial charge in [0.25, 0.3) is 5.91 Å². The van der Waals surface area contributed by atoms with E-state index in [1.165, 1.54) is 0 Å². The molecule has 1 fully saturated rings. The quantitative estimate of drug-likeness (QED) is 0.553. The summed E-state index contributed by atoms with van der Waals surface area (Å²) in [6, 6.07) is 9.83. The summed E-state index contributed by atoms with van der Waals surface area (Å²) in [6.45, 7) is 5.40. The van der Waals surface area contributed by atoms with Crippen LogP contribution in [0.4, 0.5) is 5.82 Å². The lowest BCUT2D eigenvalue weighted by Crippen LogP contribution is -2.63. The SMILES string of the molecule is Cc1nc(C(=O)N2CC(CO)(c3ccccc3)C2)nc(NCCc2cn[nH]c2)c1C. The summed E-state index contributed by atoms with van der Waals surface area (Å²) in [5.41, 5.74) is 3.43. The number of hydrogen-bond donors (Lipinski definition) is 3. The van der Waals surface area contributed by atoms with Crippen molar-refractivity contribution < 1.29 is 9.90 Å². The Balaban J connectivity index is 1.46. The fraction of sp³-hybridized carbons (Fsp3) is 0.364. The highest BCUT2D eigenvalue weighted by molar-refractivity contribution is 5.92. The normalized spacial score (nSPS) is 15.0. The largest absolute Gasteiger partial charge is 0.395 e. The summed E-state index contributed by atoms with van der Waals surface area (Å²) < 4.78 is 0. The monoisotopic (exact) mass is 406 g/mol. The maximum Gasteiger partial charge on any atom is 0.291 e. The standard InChI is InChI=1S/C22H26N6O2/c1-15-16(2)26-20(27-19(15)23-9-8-17-10-24-25-11-17)21(30)28-12-22(13-28,14-29)18-6-4-3-5-7-18/h3-7,10-11,29H,8-9,12-14H2,1-2H3,(H,24,25)(H,23,26,27). The molecule has 156 valence electrons. The first-order valence-electron chi connectivity index (χ1n) is 10.0. The molecule has 0 aliphatic carbocycles. The molecule has 8 nitrogen and oxygen atoms in total. The second-order valence-corrected chi connectivity index (χ2v) is 7.86. The van der Waals surface area contributed by atoms with Gasteiger partial charge in [-0.3, -0.25) is 9.89 Å². The summed E-state index contributed by atoms with van der Waals surface area (Å²) in [6.07, 6.45) is 4.45. The summed E-state index contributed by atoms with van der Waals surface area (Å²) >= 11 is 0. The molecule has 0 bridgehead atoms. The predicted octanol–water partition coefficient (Wildman–Crippen LogP) is 1.86. The van der Waals surface area contributed by atoms with Crippen LogP contribution in [0.25, 0.3) is 0 Å². The fourth-order valence-electron chi connectivity index (χ4n) is 3.77. The average molecular weight is 406 g/mol. The zero-order valence-electron chi connectivity index (χ0n) is 17.2. The number of benzene rings is 1. The number of aromatic nitrogens is 4. The van der Waals surface area contributed by atoms with Gasteiger partial charge in [0.1, 0.15) is 5.82 Å². The van der Waals surface area contributed by atoms with E-state index in [1.807, 2.05) is 50.4 Å². The molecule has 30 heavy (non-hydrogen) atoms. The van der Waals surface area contributed by atoms with E-state index < -0.39 is 5.41 Å². The van der Waals surface area contributed by atoms with E-state index in [4.69, 9.17) is 0 Å². The van der Waals surface area contributed by atoms with Crippen LogP contribution in [0.2, 0.25) is 0 Å². The van der Waals surface area contributed by atoms with Gasteiger partial charge in [0.2, 0.25) is 5.82 Å². The van der Waals surface area contributed by atoms with Crippen molar-refractivity contribution in [2.24, 2.45) is 0 Å². The zero-order valence-corrected chi connectivity index (χ0v) is 17.2. The zero-order chi connectivity index (χ0) is 21.1. The number of aliphatic hydroxyl groups excluding tert-OH is 1. The first-order valence-corrected chi connectivity index (χ1v) is 10.0. The summed E-state index contributed by atoms with van der Waals surface area (Å²) in [4.78, 5) is 23.6. The van der Waals surface area contributed by atoms with Crippen LogP contribution in [0.3, 0.4) is 0 Å². The topological polar surface area (TPSA) is 107 Å². The highest BCUT2D eigenvalue weighted by atomic mass is 16.3. The van der Waals surface area contributed by atoms with E-state index in [1.54, 1.807) is 11.1 Å². The number of nitrogens with zero attached hydrogens (tertiary/aromatic N) is 4. The maximum atomic E-state index is 13.0. The Kier molecular flexibility index (Phi) is 5.50. The van der Waals surface area contributed by atoms with Crippen LogP contribution in [-0.2, 0) is 11.8 Å². The third kappa shape index (κ3) is 3.78. The summed E-state index contributed by atoms with van der Waals surface area (Å²) in [7, 11) is 0. The van der Waals surface area contributed by atoms with Gasteiger partial charge in [-0.1, -0.05) is 30.3 Å². The molecule has 8 heteroatoms. The van der Waals surface area contributed by atoms with Crippen molar-refractivity contribution in [1.29, 1.82) is 0 Å². The minimum absolute atomic E-state index is 0.00457. The Hall–Kier alpha value is -3.26. The van der Waals surface area contributed by atoms with E-state index in [0.717, 1.165) is 28.8 Å². The number of carbonyl (C=O) groups excluding carboxylic acids is 1. The number of anilines is 1. The van der Waals surface area contributed by atoms with Crippen LogP contribution < -0.4 is 5.32 Å². The van der Waals surface area contributed by atoms with Gasteiger partial charge in [-0.2, -0.15) is 5.10 Å². The molecule has 1 amide bonds. The molecular formula is C22H26N6O2. The molecule has 0 saturated carbocycles. The lowest BCUT2D eigenvalue weighted by atomic mass is 9.74. The van der Waals surface area contributed by atoms with Crippen LogP contribution >= 0.6 is 0 Å². The average Bonchev–Trinajstić information content (AvgIpc) is 3.25. The number of rotatable bonds is 7. The van der Waals surface area contributed by atoms with Gasteiger partial charge < -0.3 is 15.3 Å². The predicted molar refractivity (Wildman–Crippen MR) is 113 cm³/mol. The molecule has 0 atom stereocenters. The molecule has 0 radical (unpaired) electrons. The number of nitrogens with one attached hydrogen (secondary N) is 2. The molecule has 3 aromatic rings. The Morgan fingerprint density at radius 3 is 2.67 bits per heavy atom. The Morgan fingerprint density at radius 2 is 2.00 bits per heavy atom. The van der Waals surface area contributed by atoms with Gasteiger partial charge in [-0.25, -0.2) is 9.97 Å². The summed E-state index contributed by atoms with van der Waals surface area (Å²) in [5.74, 6) is 0.644. The van der Waals surface area contributed by atoms with Gasteiger partial charge >= 0.3 is 0 Å². The number of aromatic amines is 1. The lowest BCUT2D eigenvalue weighted by molar-refractivity contribution is 0.0169. The second kappa shape index (κ2) is 8.23. The van der Waals surface area contributed by atoms with Crippen molar-refractivity contribution in [3.05, 3.63) is 70.9 Å². The number of aryl methyl sites for hydroxylation is 1. The Labute approximate surface area is 175 Å². The molecule has 1 aromatic carbocycles. The molecule has 1 saturated heterocycles. The van der Waals surface area contributed by atoms with E-state index >= 15 is 0 Å². The van der Waals surface area contributed by atoms with Crippen molar-refractivity contribution in [1.82, 2.24) is 25.1 Å². The second-order valence-electron chi connectivity index (χ2n) is 7.86. The van der Waals surface area contributed by atoms with Crippen LogP contribution in [0.5, 0.6) is 0 Å². The van der Waals surface area contributed by atoms with Crippen molar-refractivity contribution in [2.75, 3.05) is 31.6 Å². The van der Waals surface area contributed by atoms with Crippen molar-refractivity contribution in [2.45, 2.75) is 25.7 Å². The number of carbonyl (C=O) groups is 1. The molecule has 0 unspecified atom stereocenters. The fourth-order valence-corrected chi connectivity index (χ4v) is 3.77. The van der Waals surface area contributed by atoms with E-state index in [0.29, 0.717) is 25.5 Å². The van der Waals surface area contributed by atoms with Crippen LogP contribution in [0.1, 0.15) is 33.0 Å². The van der Waals surface area contributed by atoms with Crippen LogP contribution in [-0.4, -0.2) is 62.3 Å². The Bertz CT molecular complexity index is 1010. The molecule has 1 aliphatic rings. The number of amides is 1. The van der Waals surface area contributed by atoms with Gasteiger partial charge in [-0.05, 0) is 31.4 Å². The van der Waals surface area contributed by atoms with E-state index in [2.05, 4.69) is 25.5 Å². The molecule has 3 N–H and O–H groups in total. The Morgan fingerprint density at radius 1 is 1.23 bits per heavy atom. The highest BCUT2D eigenvalue weighted by Crippen LogP contribution is 2.35. The molecule has 1 aliphatic heterocycles. The third-order valence-corrected chi connectivity index (χ3v) is 5.80. The van der Waals surface area contributed by atoms with Crippen molar-refractivity contribution in [3.8, 4) is 0 Å². The summed E-state index contributed by atoms with van der Waals surface area (Å²) in [5, 5.41) is 20.0.